The molecule has 84 valence electrons. The molecule has 0 aliphatic heterocycles. The summed E-state index contributed by atoms with van der Waals surface area (Å²) < 4.78 is 0. The molecule has 2 rings (SSSR count). The van der Waals surface area contributed by atoms with E-state index in [4.69, 9.17) is 22.9 Å². The molecule has 1 aliphatic carbocycles. The summed E-state index contributed by atoms with van der Waals surface area (Å²) in [5.41, 5.74) is 25.8. The molecule has 1 atom stereocenters. The molecule has 0 radical (unpaired) electrons. The summed E-state index contributed by atoms with van der Waals surface area (Å²) in [4.78, 5) is 0. The maximum Gasteiger partial charge on any atom is 0.0655 e. The summed E-state index contributed by atoms with van der Waals surface area (Å²) in [6.45, 7) is 0. The van der Waals surface area contributed by atoms with Crippen molar-refractivity contribution in [2.75, 3.05) is 5.73 Å². The molecule has 0 saturated heterocycles. The van der Waals surface area contributed by atoms with Crippen LogP contribution in [-0.2, 0) is 5.54 Å². The first-order valence-electron chi connectivity index (χ1n) is 5.09. The molecule has 0 aromatic heterocycles. The van der Waals surface area contributed by atoms with Crippen LogP contribution in [0, 0.1) is 0 Å². The third-order valence-corrected chi connectivity index (χ3v) is 2.86. The van der Waals surface area contributed by atoms with E-state index < -0.39 is 5.54 Å². The molecule has 0 bridgehead atoms. The lowest BCUT2D eigenvalue weighted by Gasteiger charge is -2.30. The van der Waals surface area contributed by atoms with Gasteiger partial charge in [0.2, 0.25) is 0 Å². The van der Waals surface area contributed by atoms with Crippen LogP contribution in [0.1, 0.15) is 12.0 Å². The Morgan fingerprint density at radius 3 is 2.19 bits per heavy atom. The zero-order valence-corrected chi connectivity index (χ0v) is 8.98. The Morgan fingerprint density at radius 2 is 1.62 bits per heavy atom. The number of nitrogen functional groups attached to an aromatic ring is 1. The highest BCUT2D eigenvalue weighted by atomic mass is 14.8. The fourth-order valence-corrected chi connectivity index (χ4v) is 1.81. The average Bonchev–Trinajstić information content (AvgIpc) is 2.25. The van der Waals surface area contributed by atoms with E-state index in [0.717, 1.165) is 11.3 Å². The van der Waals surface area contributed by atoms with Crippen molar-refractivity contribution in [1.82, 2.24) is 0 Å². The summed E-state index contributed by atoms with van der Waals surface area (Å²) in [7, 11) is 0. The number of benzene rings is 1. The number of anilines is 1. The second-order valence-corrected chi connectivity index (χ2v) is 4.15. The Kier molecular flexibility index (Phi) is 2.36. The normalized spacial score (nSPS) is 24.8. The third kappa shape index (κ3) is 1.75. The third-order valence-electron chi connectivity index (χ3n) is 2.86. The van der Waals surface area contributed by atoms with Gasteiger partial charge in [-0.3, -0.25) is 0 Å². The van der Waals surface area contributed by atoms with Gasteiger partial charge in [-0.05, 0) is 23.8 Å². The van der Waals surface area contributed by atoms with Gasteiger partial charge in [-0.25, -0.2) is 0 Å². The number of allylic oxidation sites excluding steroid dienone is 1. The van der Waals surface area contributed by atoms with Crippen molar-refractivity contribution in [1.29, 1.82) is 0 Å². The summed E-state index contributed by atoms with van der Waals surface area (Å²) in [5.74, 6) is 0. The molecule has 16 heavy (non-hydrogen) atoms. The zero-order chi connectivity index (χ0) is 11.8. The minimum Gasteiger partial charge on any atom is -0.400 e. The maximum atomic E-state index is 6.29. The molecule has 0 fully saturated rings. The lowest BCUT2D eigenvalue weighted by atomic mass is 9.83. The standard InChI is InChI=1S/C12H16N4/c13-9-3-1-8(2-4-9)12(16)6-5-10(14)11(15)7-12/h1-6H,7,13-16H2. The number of hydrogen-bond acceptors (Lipinski definition) is 4. The highest BCUT2D eigenvalue weighted by molar-refractivity contribution is 5.45. The van der Waals surface area contributed by atoms with Gasteiger partial charge in [0.05, 0.1) is 11.2 Å². The molecule has 1 unspecified atom stereocenters. The monoisotopic (exact) mass is 216 g/mol. The average molecular weight is 216 g/mol. The van der Waals surface area contributed by atoms with Crippen LogP contribution in [0.4, 0.5) is 5.69 Å². The summed E-state index contributed by atoms with van der Waals surface area (Å²) in [5, 5.41) is 0. The Morgan fingerprint density at radius 1 is 1.00 bits per heavy atom. The molecule has 4 heteroatoms. The van der Waals surface area contributed by atoms with E-state index in [-0.39, 0.29) is 0 Å². The van der Waals surface area contributed by atoms with E-state index in [2.05, 4.69) is 0 Å². The SMILES string of the molecule is NC1=C(N)CC(N)(c2ccc(N)cc2)C=C1. The van der Waals surface area contributed by atoms with E-state index in [9.17, 15) is 0 Å². The van der Waals surface area contributed by atoms with Crippen LogP contribution in [0.25, 0.3) is 0 Å². The Bertz CT molecular complexity index is 458. The van der Waals surface area contributed by atoms with Gasteiger partial charge in [0.15, 0.2) is 0 Å². The number of nitrogens with two attached hydrogens (primary N) is 4. The van der Waals surface area contributed by atoms with Crippen molar-refractivity contribution in [3.63, 3.8) is 0 Å². The molecular formula is C12H16N4. The molecule has 1 aromatic carbocycles. The zero-order valence-electron chi connectivity index (χ0n) is 8.98. The van der Waals surface area contributed by atoms with Crippen molar-refractivity contribution in [2.45, 2.75) is 12.0 Å². The minimum absolute atomic E-state index is 0.527. The highest BCUT2D eigenvalue weighted by Gasteiger charge is 2.28. The largest absolute Gasteiger partial charge is 0.400 e. The quantitative estimate of drug-likeness (QED) is 0.513. The Labute approximate surface area is 94.6 Å². The van der Waals surface area contributed by atoms with Crippen LogP contribution < -0.4 is 22.9 Å². The van der Waals surface area contributed by atoms with E-state index in [1.807, 2.05) is 30.3 Å². The van der Waals surface area contributed by atoms with Crippen molar-refractivity contribution < 1.29 is 0 Å². The van der Waals surface area contributed by atoms with Crippen LogP contribution >= 0.6 is 0 Å². The van der Waals surface area contributed by atoms with Gasteiger partial charge in [-0.1, -0.05) is 18.2 Å². The van der Waals surface area contributed by atoms with Gasteiger partial charge < -0.3 is 22.9 Å². The number of rotatable bonds is 1. The van der Waals surface area contributed by atoms with Gasteiger partial charge in [-0.2, -0.15) is 0 Å². The predicted octanol–water partition coefficient (Wildman–Crippen LogP) is 0.512. The Hall–Kier alpha value is -1.94. The van der Waals surface area contributed by atoms with E-state index in [0.29, 0.717) is 17.8 Å². The van der Waals surface area contributed by atoms with Gasteiger partial charge in [0, 0.05) is 17.8 Å². The van der Waals surface area contributed by atoms with Gasteiger partial charge in [-0.15, -0.1) is 0 Å². The molecule has 0 saturated carbocycles. The molecular weight excluding hydrogens is 200 g/mol. The summed E-state index contributed by atoms with van der Waals surface area (Å²) in [6, 6.07) is 7.48. The summed E-state index contributed by atoms with van der Waals surface area (Å²) >= 11 is 0. The number of hydrogen-bond donors (Lipinski definition) is 4. The van der Waals surface area contributed by atoms with Crippen LogP contribution in [0.2, 0.25) is 0 Å². The van der Waals surface area contributed by atoms with Crippen LogP contribution in [-0.4, -0.2) is 0 Å². The van der Waals surface area contributed by atoms with Gasteiger partial charge >= 0.3 is 0 Å². The molecule has 1 aliphatic rings. The summed E-state index contributed by atoms with van der Waals surface area (Å²) in [6.07, 6.45) is 4.17. The molecule has 0 spiro atoms. The van der Waals surface area contributed by atoms with E-state index in [1.54, 1.807) is 6.08 Å². The van der Waals surface area contributed by atoms with Crippen molar-refractivity contribution in [2.24, 2.45) is 17.2 Å². The minimum atomic E-state index is -0.583. The molecule has 4 nitrogen and oxygen atoms in total. The lowest BCUT2D eigenvalue weighted by Crippen LogP contribution is -2.38. The molecule has 0 heterocycles. The topological polar surface area (TPSA) is 104 Å². The lowest BCUT2D eigenvalue weighted by molar-refractivity contribution is 0.541. The highest BCUT2D eigenvalue weighted by Crippen LogP contribution is 2.30. The maximum absolute atomic E-state index is 6.29. The van der Waals surface area contributed by atoms with Crippen molar-refractivity contribution in [3.05, 3.63) is 53.4 Å². The second kappa shape index (κ2) is 3.57. The molecule has 8 N–H and O–H groups in total. The molecule has 0 amide bonds. The van der Waals surface area contributed by atoms with Gasteiger partial charge in [0.1, 0.15) is 0 Å². The van der Waals surface area contributed by atoms with Crippen LogP contribution in [0.5, 0.6) is 0 Å². The van der Waals surface area contributed by atoms with Crippen LogP contribution in [0.15, 0.2) is 47.8 Å². The first-order valence-corrected chi connectivity index (χ1v) is 5.09. The van der Waals surface area contributed by atoms with Crippen LogP contribution in [0.3, 0.4) is 0 Å². The predicted molar refractivity (Wildman–Crippen MR) is 65.9 cm³/mol. The van der Waals surface area contributed by atoms with Crippen molar-refractivity contribution >= 4 is 5.69 Å². The van der Waals surface area contributed by atoms with Crippen molar-refractivity contribution in [3.8, 4) is 0 Å². The van der Waals surface area contributed by atoms with E-state index >= 15 is 0 Å². The first kappa shape index (κ1) is 10.6. The first-order chi connectivity index (χ1) is 7.51. The van der Waals surface area contributed by atoms with Gasteiger partial charge in [0.25, 0.3) is 0 Å². The second-order valence-electron chi connectivity index (χ2n) is 4.15. The molecule has 1 aromatic rings. The Balaban J connectivity index is 2.35. The fraction of sp³-hybridized carbons (Fsp3) is 0.167. The van der Waals surface area contributed by atoms with E-state index in [1.165, 1.54) is 0 Å². The smallest absolute Gasteiger partial charge is 0.0655 e. The fourth-order valence-electron chi connectivity index (χ4n) is 1.81.